The van der Waals surface area contributed by atoms with Gasteiger partial charge in [-0.25, -0.2) is 4.68 Å². The molecule has 0 saturated heterocycles. The third-order valence-electron chi connectivity index (χ3n) is 4.52. The molecule has 0 aliphatic carbocycles. The normalized spacial score (nSPS) is 11.4. The number of hydrogen-bond acceptors (Lipinski definition) is 5. The van der Waals surface area contributed by atoms with Crippen LogP contribution >= 0.6 is 0 Å². The molecule has 2 aromatic heterocycles. The van der Waals surface area contributed by atoms with Gasteiger partial charge in [0.1, 0.15) is 0 Å². The molecule has 0 atom stereocenters. The van der Waals surface area contributed by atoms with E-state index in [1.54, 1.807) is 19.1 Å². The third kappa shape index (κ3) is 3.03. The molecule has 0 bridgehead atoms. The Labute approximate surface area is 151 Å². The summed E-state index contributed by atoms with van der Waals surface area (Å²) >= 11 is 0. The minimum Gasteiger partial charge on any atom is -0.349 e. The van der Waals surface area contributed by atoms with E-state index in [2.05, 4.69) is 36.2 Å². The van der Waals surface area contributed by atoms with Gasteiger partial charge < -0.3 is 4.52 Å². The molecule has 2 heterocycles. The molecule has 134 valence electrons. The van der Waals surface area contributed by atoms with Crippen molar-refractivity contribution in [2.24, 2.45) is 0 Å². The predicted octanol–water partition coefficient (Wildman–Crippen LogP) is 4.48. The van der Waals surface area contributed by atoms with E-state index in [9.17, 15) is 10.1 Å². The van der Waals surface area contributed by atoms with E-state index in [0.717, 1.165) is 22.6 Å². The van der Waals surface area contributed by atoms with E-state index >= 15 is 0 Å². The summed E-state index contributed by atoms with van der Waals surface area (Å²) in [5, 5.41) is 19.4. The standard InChI is InChI=1S/C19H20N4O3/c1-11-6-7-16(10-12(11)2)22-15(5)17(13(3)20-22)8-9-18-19(23(24)25)14(4)21-26-18/h6-10H,1-5H3/b9-8+. The SMILES string of the molecule is Cc1ccc(-n2nc(C)c(/C=C/c3onc(C)c3[N+](=O)[O-])c2C)cc1C. The lowest BCUT2D eigenvalue weighted by Gasteiger charge is -2.07. The molecular weight excluding hydrogens is 332 g/mol. The molecule has 26 heavy (non-hydrogen) atoms. The van der Waals surface area contributed by atoms with Crippen molar-refractivity contribution in [1.82, 2.24) is 14.9 Å². The minimum atomic E-state index is -0.482. The maximum atomic E-state index is 11.2. The van der Waals surface area contributed by atoms with Gasteiger partial charge in [0.05, 0.1) is 16.3 Å². The van der Waals surface area contributed by atoms with E-state index in [1.165, 1.54) is 11.1 Å². The van der Waals surface area contributed by atoms with Crippen molar-refractivity contribution in [1.29, 1.82) is 0 Å². The van der Waals surface area contributed by atoms with Crippen molar-refractivity contribution in [3.8, 4) is 5.69 Å². The molecule has 3 aromatic rings. The van der Waals surface area contributed by atoms with Gasteiger partial charge in [0.15, 0.2) is 5.69 Å². The molecule has 7 nitrogen and oxygen atoms in total. The molecule has 0 aliphatic rings. The summed E-state index contributed by atoms with van der Waals surface area (Å²) in [4.78, 5) is 10.7. The Hall–Kier alpha value is -3.22. The topological polar surface area (TPSA) is 87.0 Å². The van der Waals surface area contributed by atoms with E-state index in [1.807, 2.05) is 24.6 Å². The molecule has 0 radical (unpaired) electrons. The smallest absolute Gasteiger partial charge is 0.338 e. The molecule has 0 aliphatic heterocycles. The van der Waals surface area contributed by atoms with Crippen molar-refractivity contribution in [3.05, 3.63) is 67.8 Å². The van der Waals surface area contributed by atoms with Gasteiger partial charge in [-0.1, -0.05) is 11.2 Å². The predicted molar refractivity (Wildman–Crippen MR) is 99.3 cm³/mol. The minimum absolute atomic E-state index is 0.113. The zero-order valence-corrected chi connectivity index (χ0v) is 15.4. The lowest BCUT2D eigenvalue weighted by molar-refractivity contribution is -0.386. The first kappa shape index (κ1) is 17.6. The quantitative estimate of drug-likeness (QED) is 0.510. The molecular formula is C19H20N4O3. The fourth-order valence-corrected chi connectivity index (χ4v) is 2.88. The summed E-state index contributed by atoms with van der Waals surface area (Å²) in [6, 6.07) is 6.18. The van der Waals surface area contributed by atoms with Crippen LogP contribution in [0.1, 0.15) is 39.5 Å². The van der Waals surface area contributed by atoms with Gasteiger partial charge in [0, 0.05) is 11.3 Å². The monoisotopic (exact) mass is 352 g/mol. The Kier molecular flexibility index (Phi) is 4.46. The fourth-order valence-electron chi connectivity index (χ4n) is 2.88. The summed E-state index contributed by atoms with van der Waals surface area (Å²) in [5.41, 5.74) is 6.22. The van der Waals surface area contributed by atoms with Gasteiger partial charge in [0.2, 0.25) is 5.76 Å². The second kappa shape index (κ2) is 6.59. The van der Waals surface area contributed by atoms with Crippen LogP contribution in [-0.4, -0.2) is 19.9 Å². The Morgan fingerprint density at radius 3 is 2.46 bits per heavy atom. The molecule has 0 fully saturated rings. The number of hydrogen-bond donors (Lipinski definition) is 0. The van der Waals surface area contributed by atoms with Gasteiger partial charge >= 0.3 is 5.69 Å². The highest BCUT2D eigenvalue weighted by Crippen LogP contribution is 2.26. The van der Waals surface area contributed by atoms with Crippen LogP contribution in [-0.2, 0) is 0 Å². The largest absolute Gasteiger partial charge is 0.349 e. The zero-order chi connectivity index (χ0) is 19.0. The Bertz CT molecular complexity index is 1030. The molecule has 1 aromatic carbocycles. The molecule has 0 unspecified atom stereocenters. The van der Waals surface area contributed by atoms with Gasteiger partial charge in [-0.15, -0.1) is 0 Å². The van der Waals surface area contributed by atoms with E-state index in [0.29, 0.717) is 0 Å². The highest BCUT2D eigenvalue weighted by atomic mass is 16.6. The van der Waals surface area contributed by atoms with Crippen molar-refractivity contribution < 1.29 is 9.45 Å². The third-order valence-corrected chi connectivity index (χ3v) is 4.52. The van der Waals surface area contributed by atoms with Crippen LogP contribution < -0.4 is 0 Å². The second-order valence-corrected chi connectivity index (χ2v) is 6.34. The summed E-state index contributed by atoms with van der Waals surface area (Å²) in [6.45, 7) is 9.56. The maximum Gasteiger partial charge on any atom is 0.338 e. The Morgan fingerprint density at radius 1 is 1.08 bits per heavy atom. The van der Waals surface area contributed by atoms with Crippen LogP contribution in [0.3, 0.4) is 0 Å². The summed E-state index contributed by atoms with van der Waals surface area (Å²) < 4.78 is 6.95. The maximum absolute atomic E-state index is 11.2. The van der Waals surface area contributed by atoms with Gasteiger partial charge in [-0.3, -0.25) is 10.1 Å². The molecule has 7 heteroatoms. The first-order valence-corrected chi connectivity index (χ1v) is 8.22. The van der Waals surface area contributed by atoms with Crippen molar-refractivity contribution >= 4 is 17.8 Å². The van der Waals surface area contributed by atoms with Crippen LogP contribution in [0.15, 0.2) is 22.7 Å². The summed E-state index contributed by atoms with van der Waals surface area (Å²) in [6.07, 6.45) is 3.35. The number of benzene rings is 1. The van der Waals surface area contributed by atoms with Crippen molar-refractivity contribution in [2.75, 3.05) is 0 Å². The first-order chi connectivity index (χ1) is 12.3. The molecule has 0 amide bonds. The number of rotatable bonds is 4. The lowest BCUT2D eigenvalue weighted by Crippen LogP contribution is -2.00. The summed E-state index contributed by atoms with van der Waals surface area (Å²) in [5.74, 6) is 0.130. The second-order valence-electron chi connectivity index (χ2n) is 6.34. The van der Waals surface area contributed by atoms with Crippen molar-refractivity contribution in [2.45, 2.75) is 34.6 Å². The lowest BCUT2D eigenvalue weighted by atomic mass is 10.1. The fraction of sp³-hybridized carbons (Fsp3) is 0.263. The Balaban J connectivity index is 2.01. The van der Waals surface area contributed by atoms with Crippen molar-refractivity contribution in [3.63, 3.8) is 0 Å². The van der Waals surface area contributed by atoms with Crippen LogP contribution in [0.4, 0.5) is 5.69 Å². The van der Waals surface area contributed by atoms with Gasteiger partial charge in [-0.05, 0) is 70.0 Å². The number of aryl methyl sites for hydroxylation is 4. The van der Waals surface area contributed by atoms with Crippen LogP contribution in [0, 0.1) is 44.7 Å². The van der Waals surface area contributed by atoms with E-state index < -0.39 is 4.92 Å². The van der Waals surface area contributed by atoms with Crippen LogP contribution in [0.5, 0.6) is 0 Å². The Morgan fingerprint density at radius 2 is 1.81 bits per heavy atom. The number of nitro groups is 1. The van der Waals surface area contributed by atoms with E-state index in [4.69, 9.17) is 4.52 Å². The van der Waals surface area contributed by atoms with Crippen LogP contribution in [0.2, 0.25) is 0 Å². The average molecular weight is 352 g/mol. The molecule has 3 rings (SSSR count). The van der Waals surface area contributed by atoms with Gasteiger partial charge in [-0.2, -0.15) is 5.10 Å². The zero-order valence-electron chi connectivity index (χ0n) is 15.4. The first-order valence-electron chi connectivity index (χ1n) is 8.22. The van der Waals surface area contributed by atoms with E-state index in [-0.39, 0.29) is 17.1 Å². The van der Waals surface area contributed by atoms with Crippen LogP contribution in [0.25, 0.3) is 17.8 Å². The molecule has 0 N–H and O–H groups in total. The highest BCUT2D eigenvalue weighted by Gasteiger charge is 2.22. The average Bonchev–Trinajstić information content (AvgIpc) is 3.08. The number of nitrogens with zero attached hydrogens (tertiary/aromatic N) is 4. The molecule has 0 spiro atoms. The number of aromatic nitrogens is 3. The molecule has 0 saturated carbocycles. The highest BCUT2D eigenvalue weighted by molar-refractivity contribution is 5.73. The van der Waals surface area contributed by atoms with Gasteiger partial charge in [0.25, 0.3) is 0 Å². The summed E-state index contributed by atoms with van der Waals surface area (Å²) in [7, 11) is 0.